The highest BCUT2D eigenvalue weighted by Crippen LogP contribution is 2.50. The number of rotatable bonds is 14. The predicted molar refractivity (Wildman–Crippen MR) is 95.4 cm³/mol. The van der Waals surface area contributed by atoms with Gasteiger partial charge in [0.05, 0.1) is 16.9 Å². The van der Waals surface area contributed by atoms with E-state index in [-0.39, 0.29) is 6.10 Å². The smallest absolute Gasteiger partial charge is 0.309 e. The van der Waals surface area contributed by atoms with Crippen molar-refractivity contribution in [1.82, 2.24) is 0 Å². The molecule has 25 heavy (non-hydrogen) atoms. The van der Waals surface area contributed by atoms with E-state index in [1.165, 1.54) is 0 Å². The van der Waals surface area contributed by atoms with Crippen LogP contribution < -0.4 is 0 Å². The average molecular weight is 354 g/mol. The molecule has 0 aromatic carbocycles. The van der Waals surface area contributed by atoms with E-state index in [0.29, 0.717) is 0 Å². The van der Waals surface area contributed by atoms with Gasteiger partial charge in [0.25, 0.3) is 0 Å². The van der Waals surface area contributed by atoms with Gasteiger partial charge in [0, 0.05) is 0 Å². The molecule has 1 unspecified atom stereocenters. The lowest BCUT2D eigenvalue weighted by Crippen LogP contribution is -2.37. The van der Waals surface area contributed by atoms with Crippen LogP contribution in [0.2, 0.25) is 0 Å². The van der Waals surface area contributed by atoms with Crippen molar-refractivity contribution in [3.63, 3.8) is 0 Å². The number of aliphatic hydroxyl groups excluding tert-OH is 1. The van der Waals surface area contributed by atoms with Gasteiger partial charge in [-0.15, -0.1) is 0 Å². The highest BCUT2D eigenvalue weighted by Gasteiger charge is 2.49. The van der Waals surface area contributed by atoms with Crippen molar-refractivity contribution in [1.29, 1.82) is 0 Å². The minimum atomic E-state index is -0.640. The van der Waals surface area contributed by atoms with Gasteiger partial charge in [0.15, 0.2) is 0 Å². The van der Waals surface area contributed by atoms with Gasteiger partial charge in [-0.1, -0.05) is 44.9 Å². The molecule has 5 nitrogen and oxygen atoms in total. The van der Waals surface area contributed by atoms with Gasteiger partial charge in [0.1, 0.15) is 0 Å². The molecule has 0 heterocycles. The minimum absolute atomic E-state index is 0.272. The second kappa shape index (κ2) is 9.02. The third kappa shape index (κ3) is 5.70. The molecule has 0 spiro atoms. The van der Waals surface area contributed by atoms with Gasteiger partial charge in [-0.3, -0.25) is 9.59 Å². The molecule has 2 fully saturated rings. The van der Waals surface area contributed by atoms with E-state index in [1.807, 2.05) is 0 Å². The van der Waals surface area contributed by atoms with E-state index in [0.717, 1.165) is 96.3 Å². The van der Waals surface area contributed by atoms with Crippen LogP contribution in [0.25, 0.3) is 0 Å². The van der Waals surface area contributed by atoms with Crippen molar-refractivity contribution >= 4 is 11.9 Å². The summed E-state index contributed by atoms with van der Waals surface area (Å²) >= 11 is 0. The van der Waals surface area contributed by atoms with Crippen LogP contribution >= 0.6 is 0 Å². The Morgan fingerprint density at radius 3 is 1.48 bits per heavy atom. The Morgan fingerprint density at radius 1 is 0.720 bits per heavy atom. The molecule has 0 bridgehead atoms. The Hall–Kier alpha value is -1.10. The van der Waals surface area contributed by atoms with E-state index in [2.05, 4.69) is 0 Å². The first-order chi connectivity index (χ1) is 11.9. The lowest BCUT2D eigenvalue weighted by Gasteiger charge is -2.37. The number of carbonyl (C=O) groups is 2. The van der Waals surface area contributed by atoms with Crippen molar-refractivity contribution < 1.29 is 24.9 Å². The minimum Gasteiger partial charge on any atom is -0.481 e. The van der Waals surface area contributed by atoms with E-state index < -0.39 is 22.8 Å². The molecule has 2 aliphatic rings. The molecule has 0 aromatic heterocycles. The highest BCUT2D eigenvalue weighted by atomic mass is 16.4. The number of unbranched alkanes of at least 4 members (excludes halogenated alkanes) is 4. The molecule has 0 amide bonds. The Bertz CT molecular complexity index is 451. The Morgan fingerprint density at radius 2 is 1.16 bits per heavy atom. The quantitative estimate of drug-likeness (QED) is 0.403. The van der Waals surface area contributed by atoms with E-state index >= 15 is 0 Å². The molecule has 0 radical (unpaired) electrons. The van der Waals surface area contributed by atoms with Crippen molar-refractivity contribution in [2.45, 2.75) is 102 Å². The fraction of sp³-hybridized carbons (Fsp3) is 0.900. The Balaban J connectivity index is 1.43. The van der Waals surface area contributed by atoms with Gasteiger partial charge in [-0.2, -0.15) is 0 Å². The first-order valence-corrected chi connectivity index (χ1v) is 10.1. The van der Waals surface area contributed by atoms with Gasteiger partial charge in [-0.05, 0) is 51.4 Å². The molecule has 2 aliphatic carbocycles. The number of hydrogen-bond donors (Lipinski definition) is 3. The first kappa shape index (κ1) is 20.2. The summed E-state index contributed by atoms with van der Waals surface area (Å²) in [6.45, 7) is 0. The zero-order chi connectivity index (χ0) is 18.3. The summed E-state index contributed by atoms with van der Waals surface area (Å²) in [5, 5.41) is 28.4. The summed E-state index contributed by atoms with van der Waals surface area (Å²) in [4.78, 5) is 22.4. The number of hydrogen-bond acceptors (Lipinski definition) is 3. The number of carboxylic acid groups (broad SMARTS) is 2. The molecule has 0 saturated heterocycles. The van der Waals surface area contributed by atoms with Crippen LogP contribution in [-0.2, 0) is 9.59 Å². The molecule has 0 aromatic rings. The number of aliphatic carboxylic acids is 2. The summed E-state index contributed by atoms with van der Waals surface area (Å²) in [5.41, 5.74) is -0.847. The molecule has 3 N–H and O–H groups in total. The maximum absolute atomic E-state index is 11.3. The van der Waals surface area contributed by atoms with Crippen LogP contribution in [-0.4, -0.2) is 33.4 Å². The van der Waals surface area contributed by atoms with Gasteiger partial charge < -0.3 is 15.3 Å². The normalized spacial score (nSPS) is 21.3. The maximum Gasteiger partial charge on any atom is 0.309 e. The first-order valence-electron chi connectivity index (χ1n) is 10.1. The average Bonchev–Trinajstić information content (AvgIpc) is 3.29. The molecule has 1 atom stereocenters. The molecule has 5 heteroatoms. The summed E-state index contributed by atoms with van der Waals surface area (Å²) < 4.78 is 0. The predicted octanol–water partition coefficient (Wildman–Crippen LogP) is 4.37. The summed E-state index contributed by atoms with van der Waals surface area (Å²) in [5.74, 6) is -1.27. The second-order valence-corrected chi connectivity index (χ2v) is 8.38. The molecular weight excluding hydrogens is 320 g/mol. The van der Waals surface area contributed by atoms with Crippen LogP contribution in [0.5, 0.6) is 0 Å². The van der Waals surface area contributed by atoms with Gasteiger partial charge in [-0.25, -0.2) is 0 Å². The molecule has 2 rings (SSSR count). The zero-order valence-corrected chi connectivity index (χ0v) is 15.3. The van der Waals surface area contributed by atoms with Crippen LogP contribution in [0.3, 0.4) is 0 Å². The summed E-state index contributed by atoms with van der Waals surface area (Å²) in [6.07, 6.45) is 13.0. The van der Waals surface area contributed by atoms with E-state index in [1.54, 1.807) is 0 Å². The fourth-order valence-corrected chi connectivity index (χ4v) is 4.08. The Labute approximate surface area is 150 Å². The molecule has 144 valence electrons. The summed E-state index contributed by atoms with van der Waals surface area (Å²) in [7, 11) is 0. The highest BCUT2D eigenvalue weighted by molar-refractivity contribution is 5.77. The standard InChI is InChI=1S/C20H34O5/c21-16(9-4-2-6-11-20(14-15-20)18(24)25)8-3-1-5-10-19(17(22)23)12-7-13-19/h16,21H,1-15H2,(H,22,23)(H,24,25). The fourth-order valence-electron chi connectivity index (χ4n) is 4.08. The number of carboxylic acids is 2. The van der Waals surface area contributed by atoms with Crippen LogP contribution in [0, 0.1) is 10.8 Å². The molecule has 0 aliphatic heterocycles. The van der Waals surface area contributed by atoms with Crippen LogP contribution in [0.15, 0.2) is 0 Å². The monoisotopic (exact) mass is 354 g/mol. The molecule has 2 saturated carbocycles. The van der Waals surface area contributed by atoms with Crippen molar-refractivity contribution in [2.24, 2.45) is 10.8 Å². The SMILES string of the molecule is O=C(O)C1(CCCCCC(O)CCCCCC2(C(=O)O)CC2)CCC1. The van der Waals surface area contributed by atoms with Crippen LogP contribution in [0.1, 0.15) is 96.3 Å². The van der Waals surface area contributed by atoms with E-state index in [9.17, 15) is 19.8 Å². The van der Waals surface area contributed by atoms with E-state index in [4.69, 9.17) is 5.11 Å². The topological polar surface area (TPSA) is 94.8 Å². The number of aliphatic hydroxyl groups is 1. The van der Waals surface area contributed by atoms with Crippen molar-refractivity contribution in [3.05, 3.63) is 0 Å². The molecular formula is C20H34O5. The lowest BCUT2D eigenvalue weighted by molar-refractivity contribution is -0.155. The van der Waals surface area contributed by atoms with Crippen molar-refractivity contribution in [3.8, 4) is 0 Å². The zero-order valence-electron chi connectivity index (χ0n) is 15.3. The summed E-state index contributed by atoms with van der Waals surface area (Å²) in [6, 6.07) is 0. The van der Waals surface area contributed by atoms with Gasteiger partial charge in [0.2, 0.25) is 0 Å². The second-order valence-electron chi connectivity index (χ2n) is 8.38. The third-order valence-corrected chi connectivity index (χ3v) is 6.46. The maximum atomic E-state index is 11.3. The Kier molecular flexibility index (Phi) is 7.29. The third-order valence-electron chi connectivity index (χ3n) is 6.46. The van der Waals surface area contributed by atoms with Gasteiger partial charge >= 0.3 is 11.9 Å². The largest absolute Gasteiger partial charge is 0.481 e. The van der Waals surface area contributed by atoms with Crippen LogP contribution in [0.4, 0.5) is 0 Å². The van der Waals surface area contributed by atoms with Crippen molar-refractivity contribution in [2.75, 3.05) is 0 Å². The lowest BCUT2D eigenvalue weighted by atomic mass is 9.66.